The third-order valence-electron chi connectivity index (χ3n) is 2.98. The van der Waals surface area contributed by atoms with Crippen molar-refractivity contribution in [3.8, 4) is 11.5 Å². The number of nitrogens with one attached hydrogen (secondary N) is 2. The Morgan fingerprint density at radius 2 is 1.71 bits per heavy atom. The minimum atomic E-state index is -0.977. The highest BCUT2D eigenvalue weighted by Crippen LogP contribution is 2.29. The molecule has 0 fully saturated rings. The summed E-state index contributed by atoms with van der Waals surface area (Å²) in [6.07, 6.45) is 0. The van der Waals surface area contributed by atoms with Crippen molar-refractivity contribution in [2.75, 3.05) is 17.7 Å². The average Bonchev–Trinajstić information content (AvgIpc) is 2.56. The van der Waals surface area contributed by atoms with Gasteiger partial charge in [0, 0.05) is 11.8 Å². The third-order valence-corrected chi connectivity index (χ3v) is 2.98. The Kier molecular flexibility index (Phi) is 4.95. The van der Waals surface area contributed by atoms with Crippen molar-refractivity contribution in [2.24, 2.45) is 0 Å². The molecule has 0 radical (unpaired) electrons. The van der Waals surface area contributed by atoms with Crippen LogP contribution in [0.5, 0.6) is 11.5 Å². The number of hydrogen-bond acceptors (Lipinski definition) is 6. The van der Waals surface area contributed by atoms with Crippen molar-refractivity contribution in [3.63, 3.8) is 0 Å². The number of hydrogen-bond donors (Lipinski definition) is 3. The molecule has 0 aliphatic rings. The largest absolute Gasteiger partial charge is 0.508 e. The van der Waals surface area contributed by atoms with Crippen LogP contribution in [0.25, 0.3) is 0 Å². The van der Waals surface area contributed by atoms with Crippen molar-refractivity contribution in [3.05, 3.63) is 52.6 Å². The summed E-state index contributed by atoms with van der Waals surface area (Å²) in [6.45, 7) is 0. The highest BCUT2D eigenvalue weighted by molar-refractivity contribution is 6.43. The smallest absolute Gasteiger partial charge is 0.314 e. The summed E-state index contributed by atoms with van der Waals surface area (Å²) in [5, 5.41) is 24.5. The summed E-state index contributed by atoms with van der Waals surface area (Å²) in [6, 6.07) is 9.13. The normalized spacial score (nSPS) is 9.88. The Balaban J connectivity index is 2.09. The first kappa shape index (κ1) is 16.7. The van der Waals surface area contributed by atoms with Crippen molar-refractivity contribution in [2.45, 2.75) is 0 Å². The van der Waals surface area contributed by atoms with Crippen LogP contribution >= 0.6 is 0 Å². The number of methoxy groups -OCH3 is 1. The molecule has 124 valence electrons. The minimum absolute atomic E-state index is 0.0214. The van der Waals surface area contributed by atoms with Crippen LogP contribution in [-0.2, 0) is 9.59 Å². The van der Waals surface area contributed by atoms with Crippen LogP contribution in [0, 0.1) is 10.1 Å². The van der Waals surface area contributed by atoms with Gasteiger partial charge in [0.05, 0.1) is 23.8 Å². The standard InChI is InChI=1S/C15H13N3O6/c1-24-13-8-10(18(22)23)4-7-12(13)17-15(21)14(20)16-9-2-5-11(19)6-3-9/h2-8,19H,1H3,(H,16,20)(H,17,21). The number of amides is 2. The third kappa shape index (κ3) is 3.97. The summed E-state index contributed by atoms with van der Waals surface area (Å²) in [5.41, 5.74) is 0.232. The van der Waals surface area contributed by atoms with E-state index in [9.17, 15) is 19.7 Å². The van der Waals surface area contributed by atoms with Gasteiger partial charge in [-0.25, -0.2) is 0 Å². The zero-order valence-corrected chi connectivity index (χ0v) is 12.5. The van der Waals surface area contributed by atoms with Gasteiger partial charge >= 0.3 is 11.8 Å². The van der Waals surface area contributed by atoms with E-state index in [2.05, 4.69) is 10.6 Å². The summed E-state index contributed by atoms with van der Waals surface area (Å²) >= 11 is 0. The molecule has 2 aromatic rings. The number of carbonyl (C=O) groups excluding carboxylic acids is 2. The molecule has 0 saturated heterocycles. The summed E-state index contributed by atoms with van der Waals surface area (Å²) < 4.78 is 4.97. The quantitative estimate of drug-likeness (QED) is 0.339. The monoisotopic (exact) mass is 331 g/mol. The second-order valence-electron chi connectivity index (χ2n) is 4.60. The maximum atomic E-state index is 11.9. The molecule has 2 amide bonds. The van der Waals surface area contributed by atoms with Gasteiger partial charge in [0.1, 0.15) is 11.5 Å². The van der Waals surface area contributed by atoms with Gasteiger partial charge < -0.3 is 20.5 Å². The highest BCUT2D eigenvalue weighted by Gasteiger charge is 2.18. The van der Waals surface area contributed by atoms with Gasteiger partial charge in [0.15, 0.2) is 0 Å². The summed E-state index contributed by atoms with van der Waals surface area (Å²) in [5.74, 6) is -1.85. The van der Waals surface area contributed by atoms with E-state index in [1.165, 1.54) is 43.5 Å². The molecule has 0 aliphatic carbocycles. The predicted octanol–water partition coefficient (Wildman–Crippen LogP) is 1.89. The van der Waals surface area contributed by atoms with Gasteiger partial charge in [0.25, 0.3) is 5.69 Å². The van der Waals surface area contributed by atoms with E-state index in [1.54, 1.807) is 0 Å². The Bertz CT molecular complexity index is 788. The van der Waals surface area contributed by atoms with E-state index in [-0.39, 0.29) is 22.9 Å². The van der Waals surface area contributed by atoms with Crippen LogP contribution in [0.2, 0.25) is 0 Å². The highest BCUT2D eigenvalue weighted by atomic mass is 16.6. The molecular weight excluding hydrogens is 318 g/mol. The Morgan fingerprint density at radius 1 is 1.08 bits per heavy atom. The maximum absolute atomic E-state index is 11.9. The first-order chi connectivity index (χ1) is 11.4. The van der Waals surface area contributed by atoms with E-state index in [4.69, 9.17) is 9.84 Å². The minimum Gasteiger partial charge on any atom is -0.508 e. The van der Waals surface area contributed by atoms with Crippen LogP contribution in [0.4, 0.5) is 17.1 Å². The number of ether oxygens (including phenoxy) is 1. The zero-order chi connectivity index (χ0) is 17.7. The molecule has 9 nitrogen and oxygen atoms in total. The Labute approximate surface area is 136 Å². The van der Waals surface area contributed by atoms with E-state index in [0.29, 0.717) is 5.69 Å². The number of anilines is 2. The van der Waals surface area contributed by atoms with E-state index in [0.717, 1.165) is 6.07 Å². The maximum Gasteiger partial charge on any atom is 0.314 e. The second kappa shape index (κ2) is 7.09. The molecule has 0 saturated carbocycles. The van der Waals surface area contributed by atoms with Gasteiger partial charge in [-0.2, -0.15) is 0 Å². The lowest BCUT2D eigenvalue weighted by atomic mass is 10.2. The van der Waals surface area contributed by atoms with Crippen molar-refractivity contribution < 1.29 is 24.4 Å². The first-order valence-corrected chi connectivity index (χ1v) is 6.64. The number of nitro groups is 1. The van der Waals surface area contributed by atoms with Gasteiger partial charge in [-0.15, -0.1) is 0 Å². The van der Waals surface area contributed by atoms with Crippen LogP contribution in [0.3, 0.4) is 0 Å². The fraction of sp³-hybridized carbons (Fsp3) is 0.0667. The number of non-ortho nitro benzene ring substituents is 1. The van der Waals surface area contributed by atoms with Gasteiger partial charge in [-0.05, 0) is 30.3 Å². The molecule has 0 aliphatic heterocycles. The summed E-state index contributed by atoms with van der Waals surface area (Å²) in [7, 11) is 1.28. The number of phenols is 1. The molecule has 0 unspecified atom stereocenters. The number of benzene rings is 2. The van der Waals surface area contributed by atoms with Gasteiger partial charge in [0.2, 0.25) is 0 Å². The van der Waals surface area contributed by atoms with Gasteiger partial charge in [-0.3, -0.25) is 19.7 Å². The zero-order valence-electron chi connectivity index (χ0n) is 12.5. The second-order valence-corrected chi connectivity index (χ2v) is 4.60. The molecule has 0 bridgehead atoms. The first-order valence-electron chi connectivity index (χ1n) is 6.64. The predicted molar refractivity (Wildman–Crippen MR) is 85.0 cm³/mol. The van der Waals surface area contributed by atoms with Crippen LogP contribution in [-0.4, -0.2) is 29.0 Å². The molecule has 0 spiro atoms. The molecule has 24 heavy (non-hydrogen) atoms. The van der Waals surface area contributed by atoms with Crippen LogP contribution in [0.1, 0.15) is 0 Å². The molecule has 3 N–H and O–H groups in total. The summed E-state index contributed by atoms with van der Waals surface area (Å²) in [4.78, 5) is 33.9. The Hall–Kier alpha value is -3.62. The van der Waals surface area contributed by atoms with Crippen LogP contribution < -0.4 is 15.4 Å². The molecule has 2 rings (SSSR count). The number of nitrogens with zero attached hydrogens (tertiary/aromatic N) is 1. The van der Waals surface area contributed by atoms with Gasteiger partial charge in [-0.1, -0.05) is 0 Å². The SMILES string of the molecule is COc1cc([N+](=O)[O-])ccc1NC(=O)C(=O)Nc1ccc(O)cc1. The lowest BCUT2D eigenvalue weighted by Crippen LogP contribution is -2.29. The molecule has 9 heteroatoms. The van der Waals surface area contributed by atoms with Crippen molar-refractivity contribution in [1.29, 1.82) is 0 Å². The number of aromatic hydroxyl groups is 1. The number of rotatable bonds is 4. The molecule has 2 aromatic carbocycles. The topological polar surface area (TPSA) is 131 Å². The molecular formula is C15H13N3O6. The Morgan fingerprint density at radius 3 is 2.29 bits per heavy atom. The number of nitro benzene ring substituents is 1. The molecule has 0 atom stereocenters. The molecule has 0 heterocycles. The van der Waals surface area contributed by atoms with E-state index in [1.807, 2.05) is 0 Å². The fourth-order valence-electron chi connectivity index (χ4n) is 1.81. The van der Waals surface area contributed by atoms with Crippen molar-refractivity contribution >= 4 is 28.9 Å². The molecule has 0 aromatic heterocycles. The van der Waals surface area contributed by atoms with Crippen molar-refractivity contribution in [1.82, 2.24) is 0 Å². The number of phenolic OH excluding ortho intramolecular Hbond substituents is 1. The van der Waals surface area contributed by atoms with Crippen LogP contribution in [0.15, 0.2) is 42.5 Å². The average molecular weight is 331 g/mol. The van der Waals surface area contributed by atoms with E-state index < -0.39 is 16.7 Å². The van der Waals surface area contributed by atoms with E-state index >= 15 is 0 Å². The lowest BCUT2D eigenvalue weighted by Gasteiger charge is -2.10. The number of carbonyl (C=O) groups is 2. The lowest BCUT2D eigenvalue weighted by molar-refractivity contribution is -0.384. The fourth-order valence-corrected chi connectivity index (χ4v) is 1.81.